The second-order valence-corrected chi connectivity index (χ2v) is 9.52. The molecule has 0 saturated heterocycles. The van der Waals surface area contributed by atoms with Crippen LogP contribution < -0.4 is 10.5 Å². The minimum absolute atomic E-state index is 0.0296. The monoisotopic (exact) mass is 448 g/mol. The molecule has 1 heterocycles. The first kappa shape index (κ1) is 21.6. The smallest absolute Gasteiger partial charge is 0.266 e. The van der Waals surface area contributed by atoms with Crippen LogP contribution in [0.3, 0.4) is 0 Å². The molecule has 164 valence electrons. The Kier molecular flexibility index (Phi) is 5.71. The molecule has 4 rings (SSSR count). The largest absolute Gasteiger partial charge is 0.369 e. The normalized spacial score (nSPS) is 15.5. The van der Waals surface area contributed by atoms with Gasteiger partial charge in [-0.15, -0.1) is 0 Å². The van der Waals surface area contributed by atoms with Crippen molar-refractivity contribution < 1.29 is 13.2 Å². The van der Waals surface area contributed by atoms with Crippen LogP contribution >= 0.6 is 0 Å². The zero-order valence-electron chi connectivity index (χ0n) is 17.6. The lowest BCUT2D eigenvalue weighted by molar-refractivity contribution is -0.130. The molecular weight excluding hydrogens is 424 g/mol. The van der Waals surface area contributed by atoms with E-state index in [0.717, 1.165) is 16.7 Å². The number of carbonyl (C=O) groups is 1. The fourth-order valence-corrected chi connectivity index (χ4v) is 4.43. The Morgan fingerprint density at radius 2 is 1.53 bits per heavy atom. The van der Waals surface area contributed by atoms with Crippen molar-refractivity contribution in [2.24, 2.45) is 10.7 Å². The predicted molar refractivity (Wildman–Crippen MR) is 125 cm³/mol. The maximum atomic E-state index is 13.8. The molecule has 0 atom stereocenters. The molecule has 1 aliphatic heterocycles. The Morgan fingerprint density at radius 3 is 2.09 bits per heavy atom. The summed E-state index contributed by atoms with van der Waals surface area (Å²) in [5.74, 6) is -0.174. The average Bonchev–Trinajstić information content (AvgIpc) is 3.06. The summed E-state index contributed by atoms with van der Waals surface area (Å²) in [7, 11) is -3.41. The van der Waals surface area contributed by atoms with Crippen LogP contribution in [-0.2, 0) is 26.9 Å². The van der Waals surface area contributed by atoms with Crippen molar-refractivity contribution in [2.45, 2.75) is 19.0 Å². The maximum Gasteiger partial charge on any atom is 0.266 e. The molecule has 3 aromatic rings. The molecule has 0 radical (unpaired) electrons. The van der Waals surface area contributed by atoms with Gasteiger partial charge in [-0.2, -0.15) is 0 Å². The summed E-state index contributed by atoms with van der Waals surface area (Å²) in [4.78, 5) is 19.9. The quantitative estimate of drug-likeness (QED) is 0.580. The molecule has 7 nitrogen and oxygen atoms in total. The van der Waals surface area contributed by atoms with Crippen molar-refractivity contribution in [1.29, 1.82) is 0 Å². The molecule has 0 bridgehead atoms. The van der Waals surface area contributed by atoms with Gasteiger partial charge in [-0.25, -0.2) is 13.4 Å². The van der Waals surface area contributed by atoms with Crippen LogP contribution in [0.1, 0.15) is 23.6 Å². The summed E-state index contributed by atoms with van der Waals surface area (Å²) in [6.45, 7) is 1.73. The minimum Gasteiger partial charge on any atom is -0.369 e. The van der Waals surface area contributed by atoms with Crippen LogP contribution in [0.5, 0.6) is 0 Å². The van der Waals surface area contributed by atoms with E-state index in [1.165, 1.54) is 4.90 Å². The van der Waals surface area contributed by atoms with Gasteiger partial charge in [-0.1, -0.05) is 72.8 Å². The molecule has 1 aliphatic rings. The minimum atomic E-state index is -3.41. The van der Waals surface area contributed by atoms with Crippen LogP contribution in [0.2, 0.25) is 0 Å². The highest BCUT2D eigenvalue weighted by Crippen LogP contribution is 2.40. The molecule has 0 fully saturated rings. The Hall–Kier alpha value is -3.65. The topological polar surface area (TPSA) is 105 Å². The number of nitrogens with one attached hydrogen (secondary N) is 1. The van der Waals surface area contributed by atoms with E-state index < -0.39 is 15.6 Å². The number of hydrogen-bond acceptors (Lipinski definition) is 5. The van der Waals surface area contributed by atoms with Gasteiger partial charge in [0.25, 0.3) is 5.91 Å². The highest BCUT2D eigenvalue weighted by atomic mass is 32.2. The predicted octanol–water partition coefficient (Wildman–Crippen LogP) is 3.05. The van der Waals surface area contributed by atoms with Crippen LogP contribution in [0.25, 0.3) is 0 Å². The Morgan fingerprint density at radius 1 is 0.938 bits per heavy atom. The van der Waals surface area contributed by atoms with E-state index in [0.29, 0.717) is 5.69 Å². The number of nitrogens with zero attached hydrogens (tertiary/aromatic N) is 2. The summed E-state index contributed by atoms with van der Waals surface area (Å²) in [6, 6.07) is 25.6. The van der Waals surface area contributed by atoms with E-state index in [1.54, 1.807) is 25.1 Å². The van der Waals surface area contributed by atoms with Gasteiger partial charge in [0, 0.05) is 5.69 Å². The highest BCUT2D eigenvalue weighted by molar-refractivity contribution is 7.92. The third-order valence-corrected chi connectivity index (χ3v) is 6.72. The molecule has 0 saturated carbocycles. The third kappa shape index (κ3) is 3.97. The van der Waals surface area contributed by atoms with Gasteiger partial charge in [-0.05, 0) is 35.7 Å². The second kappa shape index (κ2) is 8.47. The molecule has 0 aromatic heterocycles. The van der Waals surface area contributed by atoms with Crippen molar-refractivity contribution in [2.75, 3.05) is 10.5 Å². The van der Waals surface area contributed by atoms with Gasteiger partial charge in [0.05, 0.1) is 12.3 Å². The summed E-state index contributed by atoms with van der Waals surface area (Å²) in [5, 5.41) is 0. The van der Waals surface area contributed by atoms with Gasteiger partial charge in [0.15, 0.2) is 11.5 Å². The van der Waals surface area contributed by atoms with E-state index in [9.17, 15) is 13.2 Å². The number of amides is 1. The SMILES string of the molecule is CCS(=O)(=O)Nc1cccc(CN2C(=O)C(c3ccccc3)(c3ccccc3)N=C2N)c1. The molecule has 8 heteroatoms. The van der Waals surface area contributed by atoms with Gasteiger partial charge in [0.1, 0.15) is 0 Å². The van der Waals surface area contributed by atoms with E-state index >= 15 is 0 Å². The van der Waals surface area contributed by atoms with Gasteiger partial charge in [0.2, 0.25) is 10.0 Å². The number of guanidine groups is 1. The summed E-state index contributed by atoms with van der Waals surface area (Å²) >= 11 is 0. The molecule has 1 amide bonds. The molecule has 0 unspecified atom stereocenters. The zero-order valence-corrected chi connectivity index (χ0v) is 18.4. The van der Waals surface area contributed by atoms with Crippen LogP contribution in [0, 0.1) is 0 Å². The number of sulfonamides is 1. The van der Waals surface area contributed by atoms with E-state index in [-0.39, 0.29) is 24.2 Å². The number of hydrogen-bond donors (Lipinski definition) is 2. The Bertz CT molecular complexity index is 1220. The van der Waals surface area contributed by atoms with E-state index in [1.807, 2.05) is 66.7 Å². The number of benzene rings is 3. The van der Waals surface area contributed by atoms with Crippen molar-refractivity contribution in [1.82, 2.24) is 4.90 Å². The average molecular weight is 449 g/mol. The lowest BCUT2D eigenvalue weighted by Crippen LogP contribution is -2.43. The van der Waals surface area contributed by atoms with Gasteiger partial charge < -0.3 is 5.73 Å². The first-order valence-electron chi connectivity index (χ1n) is 10.2. The standard InChI is InChI=1S/C24H24N4O3S/c1-2-32(30,31)27-21-15-9-10-18(16-21)17-28-22(29)24(26-23(28)25,19-11-5-3-6-12-19)20-13-7-4-8-14-20/h3-16,27H,2,17H2,1H3,(H2,25,26). The molecule has 3 N–H and O–H groups in total. The second-order valence-electron chi connectivity index (χ2n) is 7.51. The summed E-state index contributed by atoms with van der Waals surface area (Å²) in [5.41, 5.74) is 7.62. The molecular formula is C24H24N4O3S. The van der Waals surface area contributed by atoms with Gasteiger partial charge >= 0.3 is 0 Å². The van der Waals surface area contributed by atoms with E-state index in [2.05, 4.69) is 9.71 Å². The summed E-state index contributed by atoms with van der Waals surface area (Å²) in [6.07, 6.45) is 0. The lowest BCUT2D eigenvalue weighted by Gasteiger charge is -2.27. The number of nitrogens with two attached hydrogens (primary N) is 1. The van der Waals surface area contributed by atoms with Crippen LogP contribution in [0.4, 0.5) is 5.69 Å². The number of rotatable bonds is 7. The molecule has 3 aromatic carbocycles. The Labute approximate surface area is 187 Å². The molecule has 32 heavy (non-hydrogen) atoms. The van der Waals surface area contributed by atoms with Crippen molar-refractivity contribution in [3.8, 4) is 0 Å². The summed E-state index contributed by atoms with van der Waals surface area (Å²) < 4.78 is 26.4. The molecule has 0 spiro atoms. The first-order valence-corrected chi connectivity index (χ1v) is 11.9. The number of aliphatic imine (C=N–C) groups is 1. The number of anilines is 1. The molecule has 0 aliphatic carbocycles. The van der Waals surface area contributed by atoms with Gasteiger partial charge in [-0.3, -0.25) is 14.4 Å². The highest BCUT2D eigenvalue weighted by Gasteiger charge is 2.50. The van der Waals surface area contributed by atoms with Crippen LogP contribution in [-0.4, -0.2) is 30.9 Å². The van der Waals surface area contributed by atoms with Crippen LogP contribution in [0.15, 0.2) is 89.9 Å². The Balaban J connectivity index is 1.70. The number of carbonyl (C=O) groups excluding carboxylic acids is 1. The fourth-order valence-electron chi connectivity index (χ4n) is 3.80. The van der Waals surface area contributed by atoms with Crippen molar-refractivity contribution >= 4 is 27.6 Å². The zero-order chi connectivity index (χ0) is 22.8. The lowest BCUT2D eigenvalue weighted by atomic mass is 9.83. The van der Waals surface area contributed by atoms with Crippen molar-refractivity contribution in [3.05, 3.63) is 102 Å². The maximum absolute atomic E-state index is 13.8. The van der Waals surface area contributed by atoms with E-state index in [4.69, 9.17) is 5.73 Å². The first-order chi connectivity index (χ1) is 15.4. The third-order valence-electron chi connectivity index (χ3n) is 5.42. The fraction of sp³-hybridized carbons (Fsp3) is 0.167. The van der Waals surface area contributed by atoms with Crippen molar-refractivity contribution in [3.63, 3.8) is 0 Å².